The molecular weight excluding hydrogens is 377 g/mol. The number of ether oxygens (including phenoxy) is 1. The molecule has 1 aliphatic rings. The molecule has 0 amide bonds. The van der Waals surface area contributed by atoms with Crippen LogP contribution in [0.2, 0.25) is 0 Å². The molecule has 6 unspecified atom stereocenters. The molecule has 0 aromatic heterocycles. The smallest absolute Gasteiger partial charge is 0.109 e. The zero-order chi connectivity index (χ0) is 22.0. The van der Waals surface area contributed by atoms with E-state index in [-0.39, 0.29) is 6.00 Å². The Morgan fingerprint density at radius 2 is 1.36 bits per heavy atom. The standard InChI is InChI=1S/C24H49BOP2/c1-12-27(10,17-23(4,5)6)15-14-21-20(19(3)22(25)26-21)16-28(11,13-2)18-24(7,8)9/h19-22H,10-18H2,1-9H3. The molecule has 164 valence electrons. The zero-order valence-electron chi connectivity index (χ0n) is 20.6. The molecule has 28 heavy (non-hydrogen) atoms. The Balaban J connectivity index is 2.93. The van der Waals surface area contributed by atoms with Crippen LogP contribution in [0.3, 0.4) is 0 Å². The molecule has 1 saturated heterocycles. The summed E-state index contributed by atoms with van der Waals surface area (Å²) in [6, 6.07) is -0.114. The van der Waals surface area contributed by atoms with Crippen LogP contribution in [-0.4, -0.2) is 69.5 Å². The lowest BCUT2D eigenvalue weighted by atomic mass is 9.81. The molecule has 0 bridgehead atoms. The first kappa shape index (κ1) is 26.7. The fourth-order valence-corrected chi connectivity index (χ4v) is 12.7. The summed E-state index contributed by atoms with van der Waals surface area (Å²) in [7, 11) is 6.38. The lowest BCUT2D eigenvalue weighted by Crippen LogP contribution is -2.28. The summed E-state index contributed by atoms with van der Waals surface area (Å²) >= 11 is 0. The van der Waals surface area contributed by atoms with Gasteiger partial charge < -0.3 is 4.74 Å². The maximum Gasteiger partial charge on any atom is 0.109 e. The summed E-state index contributed by atoms with van der Waals surface area (Å²) in [4.78, 5) is 0. The van der Waals surface area contributed by atoms with E-state index in [0.717, 1.165) is 6.42 Å². The average molecular weight is 426 g/mol. The highest BCUT2D eigenvalue weighted by atomic mass is 31.2. The molecule has 6 atom stereocenters. The average Bonchev–Trinajstić information content (AvgIpc) is 2.77. The molecule has 0 aliphatic carbocycles. The zero-order valence-corrected chi connectivity index (χ0v) is 22.3. The number of hydrogen-bond acceptors (Lipinski definition) is 1. The lowest BCUT2D eigenvalue weighted by Gasteiger charge is -2.36. The Morgan fingerprint density at radius 1 is 0.893 bits per heavy atom. The second-order valence-electron chi connectivity index (χ2n) is 12.1. The van der Waals surface area contributed by atoms with Crippen molar-refractivity contribution >= 4 is 34.2 Å². The van der Waals surface area contributed by atoms with Crippen LogP contribution in [0.1, 0.15) is 68.7 Å². The van der Waals surface area contributed by atoms with Gasteiger partial charge in [-0.1, -0.05) is 62.3 Å². The van der Waals surface area contributed by atoms with Crippen molar-refractivity contribution in [3.05, 3.63) is 0 Å². The van der Waals surface area contributed by atoms with Crippen LogP contribution in [0.5, 0.6) is 0 Å². The topological polar surface area (TPSA) is 9.23 Å². The summed E-state index contributed by atoms with van der Waals surface area (Å²) in [6.07, 6.45) is 18.4. The van der Waals surface area contributed by atoms with Gasteiger partial charge in [0.25, 0.3) is 0 Å². The summed E-state index contributed by atoms with van der Waals surface area (Å²) < 4.78 is 6.33. The highest BCUT2D eigenvalue weighted by molar-refractivity contribution is 7.74. The molecule has 1 heterocycles. The molecule has 1 rings (SSSR count). The summed E-state index contributed by atoms with van der Waals surface area (Å²) in [5, 5.41) is 0. The minimum atomic E-state index is -1.22. The van der Waals surface area contributed by atoms with Gasteiger partial charge in [0.1, 0.15) is 7.85 Å². The van der Waals surface area contributed by atoms with Crippen LogP contribution in [-0.2, 0) is 4.74 Å². The van der Waals surface area contributed by atoms with Crippen molar-refractivity contribution in [2.45, 2.75) is 80.8 Å². The highest BCUT2D eigenvalue weighted by Crippen LogP contribution is 2.55. The van der Waals surface area contributed by atoms with Crippen LogP contribution in [0.15, 0.2) is 0 Å². The summed E-state index contributed by atoms with van der Waals surface area (Å²) in [5.41, 5.74) is 0.697. The normalized spacial score (nSPS) is 30.8. The van der Waals surface area contributed by atoms with E-state index in [9.17, 15) is 0 Å². The van der Waals surface area contributed by atoms with E-state index in [1.54, 1.807) is 0 Å². The highest BCUT2D eigenvalue weighted by Gasteiger charge is 2.41. The summed E-state index contributed by atoms with van der Waals surface area (Å²) in [6.45, 7) is 18.7. The summed E-state index contributed by atoms with van der Waals surface area (Å²) in [5.74, 6) is 0.988. The fourth-order valence-electron chi connectivity index (χ4n) is 5.09. The molecule has 0 aromatic carbocycles. The van der Waals surface area contributed by atoms with E-state index in [1.165, 1.54) is 37.0 Å². The van der Waals surface area contributed by atoms with E-state index >= 15 is 0 Å². The van der Waals surface area contributed by atoms with Gasteiger partial charge in [-0.05, 0) is 66.1 Å². The third-order valence-electron chi connectivity index (χ3n) is 6.45. The van der Waals surface area contributed by atoms with Crippen molar-refractivity contribution in [3.63, 3.8) is 0 Å². The van der Waals surface area contributed by atoms with Gasteiger partial charge in [0.05, 0.1) is 6.10 Å². The van der Waals surface area contributed by atoms with Gasteiger partial charge in [-0.25, -0.2) is 0 Å². The number of rotatable bonds is 9. The second-order valence-corrected chi connectivity index (χ2v) is 20.2. The van der Waals surface area contributed by atoms with Crippen LogP contribution in [0.4, 0.5) is 0 Å². The Bertz CT molecular complexity index is 584. The van der Waals surface area contributed by atoms with Gasteiger partial charge in [0.15, 0.2) is 0 Å². The van der Waals surface area contributed by atoms with Gasteiger partial charge in [-0.3, -0.25) is 0 Å². The maximum atomic E-state index is 6.38. The van der Waals surface area contributed by atoms with Crippen molar-refractivity contribution in [1.82, 2.24) is 0 Å². The van der Waals surface area contributed by atoms with Gasteiger partial charge in [-0.2, -0.15) is 0 Å². The van der Waals surface area contributed by atoms with Crippen LogP contribution < -0.4 is 0 Å². The second kappa shape index (κ2) is 9.83. The first-order chi connectivity index (χ1) is 12.5. The van der Waals surface area contributed by atoms with E-state index in [0.29, 0.717) is 28.8 Å². The molecule has 1 fully saturated rings. The Hall–Kier alpha value is 0.625. The molecule has 0 saturated carbocycles. The third-order valence-corrected chi connectivity index (χ3v) is 14.8. The molecule has 0 aromatic rings. The predicted molar refractivity (Wildman–Crippen MR) is 139 cm³/mol. The number of hydrogen-bond donors (Lipinski definition) is 0. The van der Waals surface area contributed by atoms with Crippen LogP contribution in [0, 0.1) is 22.7 Å². The largest absolute Gasteiger partial charge is 0.384 e. The van der Waals surface area contributed by atoms with Crippen molar-refractivity contribution < 1.29 is 4.74 Å². The Kier molecular flexibility index (Phi) is 9.36. The Morgan fingerprint density at radius 3 is 1.79 bits per heavy atom. The van der Waals surface area contributed by atoms with Crippen molar-refractivity contribution in [2.24, 2.45) is 22.7 Å². The first-order valence-corrected chi connectivity index (χ1v) is 16.4. The van der Waals surface area contributed by atoms with E-state index in [4.69, 9.17) is 25.2 Å². The minimum absolute atomic E-state index is 0.114. The van der Waals surface area contributed by atoms with Crippen molar-refractivity contribution in [2.75, 3.05) is 37.0 Å². The Labute approximate surface area is 179 Å². The SMILES string of the molecule is [B]C1OC(CCP(=C)(CC)CC(C)(C)C)C(CP(=C)(CC)CC(C)(C)C)C1C. The van der Waals surface area contributed by atoms with Gasteiger partial charge in [0, 0.05) is 6.00 Å². The van der Waals surface area contributed by atoms with Gasteiger partial charge in [0.2, 0.25) is 0 Å². The van der Waals surface area contributed by atoms with Gasteiger partial charge >= 0.3 is 0 Å². The van der Waals surface area contributed by atoms with Crippen LogP contribution in [0.25, 0.3) is 0 Å². The molecule has 1 nitrogen and oxygen atoms in total. The quantitative estimate of drug-likeness (QED) is 0.300. The maximum absolute atomic E-state index is 6.38. The lowest BCUT2D eigenvalue weighted by molar-refractivity contribution is 0.0708. The van der Waals surface area contributed by atoms with E-state index in [2.05, 4.69) is 62.3 Å². The molecule has 0 spiro atoms. The van der Waals surface area contributed by atoms with Crippen molar-refractivity contribution in [3.8, 4) is 0 Å². The van der Waals surface area contributed by atoms with Crippen molar-refractivity contribution in [1.29, 1.82) is 0 Å². The predicted octanol–water partition coefficient (Wildman–Crippen LogP) is 6.55. The van der Waals surface area contributed by atoms with Crippen LogP contribution >= 0.6 is 13.8 Å². The van der Waals surface area contributed by atoms with E-state index < -0.39 is 13.8 Å². The molecule has 0 N–H and O–H groups in total. The monoisotopic (exact) mass is 426 g/mol. The van der Waals surface area contributed by atoms with Gasteiger partial charge in [-0.15, -0.1) is 26.4 Å². The molecular formula is C24H49BOP2. The molecule has 1 aliphatic heterocycles. The minimum Gasteiger partial charge on any atom is -0.384 e. The molecule has 2 radical (unpaired) electrons. The third kappa shape index (κ3) is 8.40. The first-order valence-electron chi connectivity index (χ1n) is 11.3. The van der Waals surface area contributed by atoms with E-state index in [1.807, 2.05) is 0 Å². The fraction of sp³-hybridized carbons (Fsp3) is 0.917. The molecule has 4 heteroatoms.